The highest BCUT2D eigenvalue weighted by molar-refractivity contribution is 6.20. The third-order valence-electron chi connectivity index (χ3n) is 3.79. The molecule has 2 aromatic carbocycles. The quantitative estimate of drug-likeness (QED) is 0.785. The zero-order valence-corrected chi connectivity index (χ0v) is 13.1. The Bertz CT molecular complexity index is 810. The van der Waals surface area contributed by atoms with Crippen LogP contribution in [0.2, 0.25) is 0 Å². The third-order valence-corrected chi connectivity index (χ3v) is 3.79. The molecule has 3 rings (SSSR count). The van der Waals surface area contributed by atoms with Crippen LogP contribution in [0.3, 0.4) is 0 Å². The van der Waals surface area contributed by atoms with E-state index in [1.165, 1.54) is 0 Å². The van der Waals surface area contributed by atoms with Gasteiger partial charge >= 0.3 is 11.9 Å². The Morgan fingerprint density at radius 1 is 0.792 bits per heavy atom. The predicted molar refractivity (Wildman–Crippen MR) is 83.7 cm³/mol. The number of benzene rings is 2. The summed E-state index contributed by atoms with van der Waals surface area (Å²) >= 11 is 0. The number of hydrogen-bond donors (Lipinski definition) is 0. The number of esters is 2. The molecule has 0 saturated heterocycles. The van der Waals surface area contributed by atoms with E-state index < -0.39 is 35.7 Å². The lowest BCUT2D eigenvalue weighted by molar-refractivity contribution is -0.158. The lowest BCUT2D eigenvalue weighted by atomic mass is 9.83. The van der Waals surface area contributed by atoms with Gasteiger partial charge in [-0.3, -0.25) is 19.2 Å². The minimum Gasteiger partial charge on any atom is -0.450 e. The van der Waals surface area contributed by atoms with Crippen LogP contribution < -0.4 is 0 Å². The fraction of sp³-hybridized carbons (Fsp3) is 0.222. The molecule has 0 aromatic heterocycles. The van der Waals surface area contributed by atoms with Crippen molar-refractivity contribution in [2.24, 2.45) is 0 Å². The number of ether oxygens (including phenoxy) is 2. The maximum absolute atomic E-state index is 12.7. The Kier molecular flexibility index (Phi) is 3.89. The molecule has 0 saturated carbocycles. The van der Waals surface area contributed by atoms with E-state index in [9.17, 15) is 19.2 Å². The Labute approximate surface area is 137 Å². The molecular formula is C18H14O6. The van der Waals surface area contributed by atoms with Crippen molar-refractivity contribution in [1.82, 2.24) is 0 Å². The fourth-order valence-corrected chi connectivity index (χ4v) is 2.82. The molecule has 2 unspecified atom stereocenters. The van der Waals surface area contributed by atoms with Gasteiger partial charge in [0, 0.05) is 25.0 Å². The van der Waals surface area contributed by atoms with Gasteiger partial charge in [0.2, 0.25) is 23.8 Å². The van der Waals surface area contributed by atoms with E-state index >= 15 is 0 Å². The maximum atomic E-state index is 12.7. The lowest BCUT2D eigenvalue weighted by Crippen LogP contribution is -2.49. The first-order chi connectivity index (χ1) is 11.4. The van der Waals surface area contributed by atoms with Crippen molar-refractivity contribution in [1.29, 1.82) is 0 Å². The summed E-state index contributed by atoms with van der Waals surface area (Å²) in [6.45, 7) is 2.25. The van der Waals surface area contributed by atoms with Gasteiger partial charge in [-0.15, -0.1) is 0 Å². The van der Waals surface area contributed by atoms with E-state index in [1.54, 1.807) is 12.1 Å². The highest BCUT2D eigenvalue weighted by atomic mass is 16.6. The Hall–Kier alpha value is -3.02. The first-order valence-electron chi connectivity index (χ1n) is 7.34. The molecule has 0 N–H and O–H groups in total. The standard InChI is InChI=1S/C18H14O6/c1-9(19)23-17-15(21)13-7-11-5-3-4-6-12(11)8-14(13)16(22)18(17)24-10(2)20/h3-8,17-18H,1-2H3. The molecule has 0 fully saturated rings. The molecule has 24 heavy (non-hydrogen) atoms. The highest BCUT2D eigenvalue weighted by Crippen LogP contribution is 2.30. The molecule has 6 nitrogen and oxygen atoms in total. The summed E-state index contributed by atoms with van der Waals surface area (Å²) in [5, 5.41) is 1.56. The number of carbonyl (C=O) groups is 4. The number of hydrogen-bond acceptors (Lipinski definition) is 6. The third kappa shape index (κ3) is 2.67. The smallest absolute Gasteiger partial charge is 0.303 e. The second kappa shape index (κ2) is 5.88. The van der Waals surface area contributed by atoms with E-state index in [4.69, 9.17) is 9.47 Å². The zero-order chi connectivity index (χ0) is 17.4. The number of ketones is 2. The summed E-state index contributed by atoms with van der Waals surface area (Å²) < 4.78 is 9.94. The van der Waals surface area contributed by atoms with E-state index in [-0.39, 0.29) is 11.1 Å². The summed E-state index contributed by atoms with van der Waals surface area (Å²) in [5.41, 5.74) is 0.321. The minimum atomic E-state index is -1.47. The average molecular weight is 326 g/mol. The van der Waals surface area contributed by atoms with Crippen molar-refractivity contribution in [3.63, 3.8) is 0 Å². The highest BCUT2D eigenvalue weighted by Gasteiger charge is 2.46. The van der Waals surface area contributed by atoms with Crippen LogP contribution in [-0.2, 0) is 19.1 Å². The van der Waals surface area contributed by atoms with Crippen LogP contribution in [-0.4, -0.2) is 35.7 Å². The van der Waals surface area contributed by atoms with Crippen molar-refractivity contribution >= 4 is 34.3 Å². The van der Waals surface area contributed by atoms with Gasteiger partial charge in [0.1, 0.15) is 0 Å². The van der Waals surface area contributed by atoms with Crippen LogP contribution in [0.1, 0.15) is 34.6 Å². The molecule has 1 aliphatic rings. The fourth-order valence-electron chi connectivity index (χ4n) is 2.82. The van der Waals surface area contributed by atoms with Crippen molar-refractivity contribution in [3.8, 4) is 0 Å². The number of rotatable bonds is 2. The summed E-state index contributed by atoms with van der Waals surface area (Å²) in [5.74, 6) is -2.58. The van der Waals surface area contributed by atoms with Crippen molar-refractivity contribution in [2.75, 3.05) is 0 Å². The molecular weight excluding hydrogens is 312 g/mol. The Morgan fingerprint density at radius 3 is 1.50 bits per heavy atom. The van der Waals surface area contributed by atoms with Gasteiger partial charge in [0.15, 0.2) is 0 Å². The number of fused-ring (bicyclic) bond motifs is 2. The number of Topliss-reactive ketones (excluding diaryl/α,β-unsaturated/α-hetero) is 2. The molecule has 2 aromatic rings. The maximum Gasteiger partial charge on any atom is 0.303 e. The SMILES string of the molecule is CC(=O)OC1C(=O)c2cc3ccccc3cc2C(=O)C1OC(C)=O. The van der Waals surface area contributed by atoms with Crippen LogP contribution in [0, 0.1) is 0 Å². The van der Waals surface area contributed by atoms with Crippen LogP contribution >= 0.6 is 0 Å². The molecule has 0 radical (unpaired) electrons. The first kappa shape index (κ1) is 15.9. The van der Waals surface area contributed by atoms with Gasteiger partial charge in [-0.2, -0.15) is 0 Å². The second-order valence-electron chi connectivity index (χ2n) is 5.53. The summed E-state index contributed by atoms with van der Waals surface area (Å²) in [6, 6.07) is 10.4. The van der Waals surface area contributed by atoms with Crippen molar-refractivity contribution < 1.29 is 28.7 Å². The molecule has 0 heterocycles. The molecule has 6 heteroatoms. The van der Waals surface area contributed by atoms with Gasteiger partial charge < -0.3 is 9.47 Å². The van der Waals surface area contributed by atoms with Crippen molar-refractivity contribution in [2.45, 2.75) is 26.1 Å². The predicted octanol–water partition coefficient (Wildman–Crippen LogP) is 2.08. The van der Waals surface area contributed by atoms with Crippen LogP contribution in [0.25, 0.3) is 10.8 Å². The topological polar surface area (TPSA) is 86.7 Å². The van der Waals surface area contributed by atoms with E-state index in [0.29, 0.717) is 0 Å². The second-order valence-corrected chi connectivity index (χ2v) is 5.53. The van der Waals surface area contributed by atoms with Crippen LogP contribution in [0.15, 0.2) is 36.4 Å². The largest absolute Gasteiger partial charge is 0.450 e. The van der Waals surface area contributed by atoms with Gasteiger partial charge in [-0.1, -0.05) is 24.3 Å². The summed E-state index contributed by atoms with van der Waals surface area (Å²) in [4.78, 5) is 48.0. The average Bonchev–Trinajstić information content (AvgIpc) is 2.54. The molecule has 2 atom stereocenters. The van der Waals surface area contributed by atoms with Gasteiger partial charge in [-0.05, 0) is 22.9 Å². The molecule has 0 aliphatic heterocycles. The summed E-state index contributed by atoms with van der Waals surface area (Å²) in [6.07, 6.45) is -2.93. The first-order valence-corrected chi connectivity index (χ1v) is 7.34. The van der Waals surface area contributed by atoms with E-state index in [0.717, 1.165) is 24.6 Å². The normalized spacial score (nSPS) is 19.8. The molecule has 122 valence electrons. The van der Waals surface area contributed by atoms with Gasteiger partial charge in [0.05, 0.1) is 0 Å². The van der Waals surface area contributed by atoms with E-state index in [1.807, 2.05) is 24.3 Å². The number of carbonyl (C=O) groups excluding carboxylic acids is 4. The van der Waals surface area contributed by atoms with Crippen LogP contribution in [0.5, 0.6) is 0 Å². The van der Waals surface area contributed by atoms with Gasteiger partial charge in [0.25, 0.3) is 0 Å². The van der Waals surface area contributed by atoms with Crippen molar-refractivity contribution in [3.05, 3.63) is 47.5 Å². The Balaban J connectivity index is 2.17. The zero-order valence-electron chi connectivity index (χ0n) is 13.1. The monoisotopic (exact) mass is 326 g/mol. The lowest BCUT2D eigenvalue weighted by Gasteiger charge is -2.29. The van der Waals surface area contributed by atoms with E-state index in [2.05, 4.69) is 0 Å². The molecule has 0 bridgehead atoms. The van der Waals surface area contributed by atoms with Gasteiger partial charge in [-0.25, -0.2) is 0 Å². The minimum absolute atomic E-state index is 0.161. The molecule has 1 aliphatic carbocycles. The molecule has 0 amide bonds. The van der Waals surface area contributed by atoms with Crippen LogP contribution in [0.4, 0.5) is 0 Å². The summed E-state index contributed by atoms with van der Waals surface area (Å²) in [7, 11) is 0. The molecule has 0 spiro atoms. The Morgan fingerprint density at radius 2 is 1.17 bits per heavy atom.